The van der Waals surface area contributed by atoms with Crippen molar-refractivity contribution in [1.29, 1.82) is 0 Å². The van der Waals surface area contributed by atoms with Crippen LogP contribution in [-0.4, -0.2) is 39.3 Å². The fourth-order valence-electron chi connectivity index (χ4n) is 4.48. The fraction of sp³-hybridized carbons (Fsp3) is 0.267. The van der Waals surface area contributed by atoms with E-state index >= 15 is 0 Å². The highest BCUT2D eigenvalue weighted by atomic mass is 32.1. The molecule has 5 rings (SSSR count). The summed E-state index contributed by atoms with van der Waals surface area (Å²) < 4.78 is 5.85. The predicted octanol–water partition coefficient (Wildman–Crippen LogP) is 5.02. The molecule has 1 atom stereocenters. The Hall–Kier alpha value is -4.04. The van der Waals surface area contributed by atoms with Crippen molar-refractivity contribution in [3.63, 3.8) is 0 Å². The predicted molar refractivity (Wildman–Crippen MR) is 147 cm³/mol. The molecule has 3 heterocycles. The number of nitrogens with one attached hydrogen (secondary N) is 1. The van der Waals surface area contributed by atoms with E-state index in [0.717, 1.165) is 46.1 Å². The average Bonchev–Trinajstić information content (AvgIpc) is 3.32. The summed E-state index contributed by atoms with van der Waals surface area (Å²) in [6.45, 7) is 1.37. The highest BCUT2D eigenvalue weighted by molar-refractivity contribution is 7.13. The maximum absolute atomic E-state index is 13.6. The van der Waals surface area contributed by atoms with Crippen molar-refractivity contribution in [3.05, 3.63) is 101 Å². The van der Waals surface area contributed by atoms with Crippen molar-refractivity contribution in [1.82, 2.24) is 20.2 Å². The van der Waals surface area contributed by atoms with E-state index in [2.05, 4.69) is 10.3 Å². The lowest BCUT2D eigenvalue weighted by Gasteiger charge is -2.30. The van der Waals surface area contributed by atoms with Crippen molar-refractivity contribution in [3.8, 4) is 16.3 Å². The minimum atomic E-state index is -0.502. The van der Waals surface area contributed by atoms with Crippen LogP contribution in [0.3, 0.4) is 0 Å². The largest absolute Gasteiger partial charge is 0.487 e. The van der Waals surface area contributed by atoms with E-state index in [9.17, 15) is 9.59 Å². The summed E-state index contributed by atoms with van der Waals surface area (Å²) in [4.78, 5) is 37.2. The summed E-state index contributed by atoms with van der Waals surface area (Å²) in [7, 11) is 0. The number of thiazole rings is 1. The van der Waals surface area contributed by atoms with Gasteiger partial charge in [0, 0.05) is 30.2 Å². The van der Waals surface area contributed by atoms with Gasteiger partial charge in [-0.15, -0.1) is 11.3 Å². The van der Waals surface area contributed by atoms with Gasteiger partial charge in [0.25, 0.3) is 0 Å². The lowest BCUT2D eigenvalue weighted by molar-refractivity contribution is -0.140. The van der Waals surface area contributed by atoms with E-state index in [1.54, 1.807) is 11.1 Å². The molecular formula is C30H30N4O3S. The average molecular weight is 527 g/mol. The van der Waals surface area contributed by atoms with Gasteiger partial charge in [-0.3, -0.25) is 14.6 Å². The summed E-state index contributed by atoms with van der Waals surface area (Å²) in [6.07, 6.45) is 4.35. The van der Waals surface area contributed by atoms with Crippen molar-refractivity contribution < 1.29 is 14.3 Å². The molecule has 38 heavy (non-hydrogen) atoms. The van der Waals surface area contributed by atoms with E-state index in [0.29, 0.717) is 26.1 Å². The molecule has 2 aromatic carbocycles. The molecule has 0 bridgehead atoms. The Kier molecular flexibility index (Phi) is 8.40. The number of pyridine rings is 1. The van der Waals surface area contributed by atoms with E-state index < -0.39 is 6.04 Å². The molecule has 1 saturated heterocycles. The van der Waals surface area contributed by atoms with Crippen LogP contribution < -0.4 is 10.1 Å². The van der Waals surface area contributed by atoms with Gasteiger partial charge in [-0.05, 0) is 49.1 Å². The first kappa shape index (κ1) is 25.6. The number of hydrogen-bond acceptors (Lipinski definition) is 6. The normalized spacial score (nSPS) is 15.4. The van der Waals surface area contributed by atoms with Gasteiger partial charge < -0.3 is 15.0 Å². The molecule has 194 valence electrons. The molecule has 4 aromatic rings. The summed E-state index contributed by atoms with van der Waals surface area (Å²) >= 11 is 1.52. The first-order chi connectivity index (χ1) is 18.7. The number of carbonyl (C=O) groups is 2. The molecule has 1 N–H and O–H groups in total. The number of hydrogen-bond donors (Lipinski definition) is 1. The second-order valence-corrected chi connectivity index (χ2v) is 10.1. The molecule has 0 radical (unpaired) electrons. The number of nitrogens with zero attached hydrogens (tertiary/aromatic N) is 3. The van der Waals surface area contributed by atoms with Gasteiger partial charge in [-0.25, -0.2) is 4.98 Å². The van der Waals surface area contributed by atoms with Crippen molar-refractivity contribution in [2.75, 3.05) is 6.54 Å². The first-order valence-electron chi connectivity index (χ1n) is 12.8. The second-order valence-electron chi connectivity index (χ2n) is 9.26. The molecular weight excluding hydrogens is 496 g/mol. The Morgan fingerprint density at radius 2 is 1.82 bits per heavy atom. The summed E-state index contributed by atoms with van der Waals surface area (Å²) in [5.41, 5.74) is 3.53. The molecule has 2 amide bonds. The van der Waals surface area contributed by atoms with Crippen LogP contribution >= 0.6 is 11.3 Å². The fourth-order valence-corrected chi connectivity index (χ4v) is 5.31. The van der Waals surface area contributed by atoms with Crippen LogP contribution in [-0.2, 0) is 29.2 Å². The second kappa shape index (κ2) is 12.5. The third-order valence-electron chi connectivity index (χ3n) is 6.50. The molecule has 0 saturated carbocycles. The highest BCUT2D eigenvalue weighted by Crippen LogP contribution is 2.25. The van der Waals surface area contributed by atoms with Crippen LogP contribution in [0.25, 0.3) is 10.6 Å². The maximum Gasteiger partial charge on any atom is 0.242 e. The first-order valence-corrected chi connectivity index (χ1v) is 13.7. The summed E-state index contributed by atoms with van der Waals surface area (Å²) in [6, 6.07) is 22.8. The van der Waals surface area contributed by atoms with E-state index in [-0.39, 0.29) is 18.2 Å². The quantitative estimate of drug-likeness (QED) is 0.331. The third-order valence-corrected chi connectivity index (χ3v) is 7.44. The van der Waals surface area contributed by atoms with Crippen LogP contribution in [0.5, 0.6) is 5.75 Å². The molecule has 1 aliphatic rings. The van der Waals surface area contributed by atoms with Gasteiger partial charge in [0.2, 0.25) is 11.8 Å². The van der Waals surface area contributed by atoms with Gasteiger partial charge in [-0.2, -0.15) is 0 Å². The summed E-state index contributed by atoms with van der Waals surface area (Å²) in [5, 5.41) is 5.79. The van der Waals surface area contributed by atoms with Crippen LogP contribution in [0.15, 0.2) is 84.4 Å². The van der Waals surface area contributed by atoms with Crippen molar-refractivity contribution in [2.45, 2.75) is 44.9 Å². The number of carbonyl (C=O) groups excluding carboxylic acids is 2. The van der Waals surface area contributed by atoms with Crippen molar-refractivity contribution in [2.24, 2.45) is 0 Å². The third kappa shape index (κ3) is 6.63. The Morgan fingerprint density at radius 1 is 1.00 bits per heavy atom. The van der Waals surface area contributed by atoms with Gasteiger partial charge in [0.1, 0.15) is 23.4 Å². The Bertz CT molecular complexity index is 1340. The Labute approximate surface area is 226 Å². The lowest BCUT2D eigenvalue weighted by Crippen LogP contribution is -2.48. The van der Waals surface area contributed by atoms with Crippen molar-refractivity contribution >= 4 is 23.2 Å². The van der Waals surface area contributed by atoms with E-state index in [4.69, 9.17) is 9.72 Å². The molecule has 8 heteroatoms. The minimum Gasteiger partial charge on any atom is -0.487 e. The molecule has 0 spiro atoms. The Morgan fingerprint density at radius 3 is 2.61 bits per heavy atom. The molecule has 0 aliphatic carbocycles. The topological polar surface area (TPSA) is 84.4 Å². The summed E-state index contributed by atoms with van der Waals surface area (Å²) in [5.74, 6) is 0.530. The highest BCUT2D eigenvalue weighted by Gasteiger charge is 2.31. The zero-order valence-electron chi connectivity index (χ0n) is 21.1. The molecule has 1 aliphatic heterocycles. The van der Waals surface area contributed by atoms with Crippen LogP contribution in [0.1, 0.15) is 36.2 Å². The van der Waals surface area contributed by atoms with Gasteiger partial charge in [-0.1, -0.05) is 48.5 Å². The maximum atomic E-state index is 13.6. The van der Waals surface area contributed by atoms with Gasteiger partial charge in [0.15, 0.2) is 0 Å². The zero-order valence-corrected chi connectivity index (χ0v) is 21.9. The number of rotatable bonds is 9. The van der Waals surface area contributed by atoms with E-state index in [1.807, 2.05) is 78.2 Å². The molecule has 1 fully saturated rings. The van der Waals surface area contributed by atoms with Gasteiger partial charge >= 0.3 is 0 Å². The SMILES string of the molecule is O=C1NCCCC[C@@H]1N(Cc1ccc(OCc2ccccn2)cc1)C(=O)Cc1csc(-c2ccccc2)n1. The Balaban J connectivity index is 1.30. The number of aromatic nitrogens is 2. The van der Waals surface area contributed by atoms with Gasteiger partial charge in [0.05, 0.1) is 17.8 Å². The van der Waals surface area contributed by atoms with Crippen LogP contribution in [0, 0.1) is 0 Å². The monoisotopic (exact) mass is 526 g/mol. The minimum absolute atomic E-state index is 0.0885. The lowest BCUT2D eigenvalue weighted by atomic mass is 10.1. The smallest absolute Gasteiger partial charge is 0.242 e. The number of amides is 2. The number of benzene rings is 2. The zero-order chi connectivity index (χ0) is 26.2. The molecule has 2 aromatic heterocycles. The van der Waals surface area contributed by atoms with E-state index in [1.165, 1.54) is 11.3 Å². The standard InChI is InChI=1S/C30H30N4O3S/c35-28(18-25-21-38-30(33-25)23-8-2-1-3-9-23)34(27-11-5-7-17-32-29(27)36)19-22-12-14-26(15-13-22)37-20-24-10-4-6-16-31-24/h1-4,6,8-10,12-16,21,27H,5,7,11,17-20H2,(H,32,36)/t27-/m0/s1. The number of ether oxygens (including phenoxy) is 1. The molecule has 7 nitrogen and oxygen atoms in total. The van der Waals surface area contributed by atoms with Crippen LogP contribution in [0.4, 0.5) is 0 Å². The molecule has 0 unspecified atom stereocenters. The van der Waals surface area contributed by atoms with Crippen LogP contribution in [0.2, 0.25) is 0 Å².